The molecule has 0 spiro atoms. The van der Waals surface area contributed by atoms with E-state index in [9.17, 15) is 23.3 Å². The zero-order chi connectivity index (χ0) is 17.5. The minimum Gasteiger partial charge on any atom is -0.316 e. The van der Waals surface area contributed by atoms with Crippen LogP contribution in [0.1, 0.15) is 18.4 Å². The molecule has 0 amide bonds. The van der Waals surface area contributed by atoms with Crippen LogP contribution in [0.2, 0.25) is 0 Å². The molecule has 0 radical (unpaired) electrons. The van der Waals surface area contributed by atoms with Gasteiger partial charge in [0.05, 0.1) is 16.4 Å². The lowest BCUT2D eigenvalue weighted by molar-refractivity contribution is -0.384. The zero-order valence-electron chi connectivity index (χ0n) is 12.6. The molecular weight excluding hydrogens is 321 g/mol. The molecule has 0 aliphatic carbocycles. The first-order chi connectivity index (χ1) is 11.3. The van der Waals surface area contributed by atoms with Gasteiger partial charge in [0.2, 0.25) is 0 Å². The second-order valence-electron chi connectivity index (χ2n) is 5.51. The zero-order valence-corrected chi connectivity index (χ0v) is 12.6. The number of alkyl halides is 3. The van der Waals surface area contributed by atoms with E-state index in [1.165, 1.54) is 24.4 Å². The summed E-state index contributed by atoms with van der Waals surface area (Å²) in [5.74, 6) is -1.67. The summed E-state index contributed by atoms with van der Waals surface area (Å²) in [6, 6.07) is 12.7. The van der Waals surface area contributed by atoms with Crippen molar-refractivity contribution in [3.63, 3.8) is 0 Å². The molecule has 3 rings (SSSR count). The lowest BCUT2D eigenvalue weighted by Gasteiger charge is -2.14. The van der Waals surface area contributed by atoms with Gasteiger partial charge in [-0.1, -0.05) is 18.2 Å². The van der Waals surface area contributed by atoms with Gasteiger partial charge in [0.1, 0.15) is 0 Å². The van der Waals surface area contributed by atoms with Crippen molar-refractivity contribution >= 4 is 16.6 Å². The van der Waals surface area contributed by atoms with Crippen molar-refractivity contribution in [2.45, 2.75) is 19.0 Å². The summed E-state index contributed by atoms with van der Waals surface area (Å²) in [6.07, 6.45) is -2.99. The van der Waals surface area contributed by atoms with Crippen LogP contribution in [0.25, 0.3) is 16.6 Å². The van der Waals surface area contributed by atoms with Crippen LogP contribution >= 0.6 is 0 Å². The third-order valence-corrected chi connectivity index (χ3v) is 4.02. The summed E-state index contributed by atoms with van der Waals surface area (Å²) < 4.78 is 41.0. The molecule has 2 aromatic carbocycles. The highest BCUT2D eigenvalue weighted by Crippen LogP contribution is 2.40. The number of para-hydroxylation sites is 1. The van der Waals surface area contributed by atoms with Crippen molar-refractivity contribution in [2.75, 3.05) is 0 Å². The molecule has 1 heterocycles. The van der Waals surface area contributed by atoms with Crippen LogP contribution in [0.4, 0.5) is 18.9 Å². The number of hydrogen-bond acceptors (Lipinski definition) is 2. The number of nitro groups is 1. The average Bonchev–Trinajstić information content (AvgIpc) is 2.92. The van der Waals surface area contributed by atoms with Crippen molar-refractivity contribution in [2.24, 2.45) is 0 Å². The Bertz CT molecular complexity index is 901. The number of hydrogen-bond donors (Lipinski definition) is 0. The van der Waals surface area contributed by atoms with Crippen molar-refractivity contribution in [3.05, 3.63) is 70.4 Å². The Balaban J connectivity index is 2.30. The number of fused-ring (bicyclic) bond motifs is 1. The predicted molar refractivity (Wildman–Crippen MR) is 84.4 cm³/mol. The molecule has 0 aliphatic rings. The van der Waals surface area contributed by atoms with Crippen molar-refractivity contribution in [1.82, 2.24) is 4.57 Å². The molecule has 24 heavy (non-hydrogen) atoms. The first kappa shape index (κ1) is 16.0. The lowest BCUT2D eigenvalue weighted by Crippen LogP contribution is -2.17. The molecule has 7 heteroatoms. The topological polar surface area (TPSA) is 48.1 Å². The summed E-state index contributed by atoms with van der Waals surface area (Å²) in [4.78, 5) is 10.4. The van der Waals surface area contributed by atoms with Gasteiger partial charge >= 0.3 is 6.18 Å². The predicted octanol–water partition coefficient (Wildman–Crippen LogP) is 5.20. The smallest absolute Gasteiger partial charge is 0.316 e. The van der Waals surface area contributed by atoms with E-state index >= 15 is 0 Å². The largest absolute Gasteiger partial charge is 0.395 e. The fourth-order valence-corrected chi connectivity index (χ4v) is 2.68. The quantitative estimate of drug-likeness (QED) is 0.488. The van der Waals surface area contributed by atoms with Crippen LogP contribution in [0, 0.1) is 10.1 Å². The number of nitro benzene ring substituents is 1. The number of halogens is 3. The molecule has 1 atom stereocenters. The van der Waals surface area contributed by atoms with Gasteiger partial charge in [-0.05, 0) is 30.7 Å². The molecule has 4 nitrogen and oxygen atoms in total. The van der Waals surface area contributed by atoms with Crippen molar-refractivity contribution in [1.29, 1.82) is 0 Å². The fraction of sp³-hybridized carbons (Fsp3) is 0.176. The SMILES string of the molecule is CC(c1cn(-c2ccccc2)c2cc([N+](=O)[O-])ccc12)C(F)(F)F. The Morgan fingerprint density at radius 2 is 1.79 bits per heavy atom. The molecule has 0 N–H and O–H groups in total. The summed E-state index contributed by atoms with van der Waals surface area (Å²) in [7, 11) is 0. The highest BCUT2D eigenvalue weighted by atomic mass is 19.4. The molecule has 0 aliphatic heterocycles. The Kier molecular flexibility index (Phi) is 3.79. The minimum atomic E-state index is -4.39. The van der Waals surface area contributed by atoms with Crippen molar-refractivity contribution in [3.8, 4) is 5.69 Å². The van der Waals surface area contributed by atoms with E-state index in [2.05, 4.69) is 0 Å². The maximum absolute atomic E-state index is 13.2. The van der Waals surface area contributed by atoms with Crippen LogP contribution in [0.3, 0.4) is 0 Å². The van der Waals surface area contributed by atoms with Gasteiger partial charge in [0, 0.05) is 29.4 Å². The lowest BCUT2D eigenvalue weighted by atomic mass is 10.00. The summed E-state index contributed by atoms with van der Waals surface area (Å²) in [5.41, 5.74) is 0.949. The van der Waals surface area contributed by atoms with Gasteiger partial charge in [0.15, 0.2) is 0 Å². The van der Waals surface area contributed by atoms with E-state index in [-0.39, 0.29) is 11.3 Å². The molecule has 0 bridgehead atoms. The van der Waals surface area contributed by atoms with E-state index < -0.39 is 17.0 Å². The van der Waals surface area contributed by atoms with Gasteiger partial charge < -0.3 is 4.57 Å². The second kappa shape index (κ2) is 5.67. The number of nitrogens with zero attached hydrogens (tertiary/aromatic N) is 2. The van der Waals surface area contributed by atoms with E-state index in [1.807, 2.05) is 0 Å². The van der Waals surface area contributed by atoms with E-state index in [4.69, 9.17) is 0 Å². The molecular formula is C17H13F3N2O2. The van der Waals surface area contributed by atoms with Gasteiger partial charge in [-0.2, -0.15) is 13.2 Å². The number of non-ortho nitro benzene ring substituents is 1. The first-order valence-electron chi connectivity index (χ1n) is 7.20. The highest BCUT2D eigenvalue weighted by molar-refractivity contribution is 5.88. The number of rotatable bonds is 3. The third-order valence-electron chi connectivity index (χ3n) is 4.02. The summed E-state index contributed by atoms with van der Waals surface area (Å²) in [5, 5.41) is 11.4. The highest BCUT2D eigenvalue weighted by Gasteiger charge is 2.38. The monoisotopic (exact) mass is 334 g/mol. The normalized spacial score (nSPS) is 13.2. The molecule has 0 saturated carbocycles. The summed E-state index contributed by atoms with van der Waals surface area (Å²) >= 11 is 0. The second-order valence-corrected chi connectivity index (χ2v) is 5.51. The number of benzene rings is 2. The fourth-order valence-electron chi connectivity index (χ4n) is 2.68. The third kappa shape index (κ3) is 2.73. The molecule has 1 unspecified atom stereocenters. The molecule has 0 saturated heterocycles. The van der Waals surface area contributed by atoms with E-state index in [0.29, 0.717) is 16.6 Å². The van der Waals surface area contributed by atoms with E-state index in [1.54, 1.807) is 34.9 Å². The first-order valence-corrected chi connectivity index (χ1v) is 7.20. The molecule has 1 aromatic heterocycles. The van der Waals surface area contributed by atoms with Crippen LogP contribution in [-0.4, -0.2) is 15.7 Å². The van der Waals surface area contributed by atoms with E-state index in [0.717, 1.165) is 6.92 Å². The average molecular weight is 334 g/mol. The van der Waals surface area contributed by atoms with Crippen LogP contribution in [0.15, 0.2) is 54.7 Å². The van der Waals surface area contributed by atoms with Crippen LogP contribution < -0.4 is 0 Å². The summed E-state index contributed by atoms with van der Waals surface area (Å²) in [6.45, 7) is 1.09. The van der Waals surface area contributed by atoms with Gasteiger partial charge in [0.25, 0.3) is 5.69 Å². The molecule has 0 fully saturated rings. The van der Waals surface area contributed by atoms with Gasteiger partial charge in [-0.3, -0.25) is 10.1 Å². The van der Waals surface area contributed by atoms with Crippen LogP contribution in [0.5, 0.6) is 0 Å². The van der Waals surface area contributed by atoms with Gasteiger partial charge in [-0.25, -0.2) is 0 Å². The van der Waals surface area contributed by atoms with Crippen LogP contribution in [-0.2, 0) is 0 Å². The Hall–Kier alpha value is -2.83. The Morgan fingerprint density at radius 3 is 2.38 bits per heavy atom. The van der Waals surface area contributed by atoms with Crippen molar-refractivity contribution < 1.29 is 18.1 Å². The minimum absolute atomic E-state index is 0.0938. The molecule has 124 valence electrons. The molecule has 3 aromatic rings. The standard InChI is InChI=1S/C17H13F3N2O2/c1-11(17(18,19)20)15-10-21(12-5-3-2-4-6-12)16-9-13(22(23)24)7-8-14(15)16/h2-11H,1H3. The van der Waals surface area contributed by atoms with Gasteiger partial charge in [-0.15, -0.1) is 0 Å². The number of aromatic nitrogens is 1. The Labute approximate surface area is 135 Å². The maximum atomic E-state index is 13.2. The Morgan fingerprint density at radius 1 is 1.12 bits per heavy atom. The maximum Gasteiger partial charge on any atom is 0.395 e.